The zero-order valence-corrected chi connectivity index (χ0v) is 21.7. The molecule has 31 heavy (non-hydrogen) atoms. The standard InChI is InChI=1S/C24H39N5O.HI/c1-4-22(29-15-8-11-23(29)30)12-14-26-24(25-3)27-21-13-16-28(19(2)17-21)18-20-9-6-5-7-10-20;/h5-7,9-10,19,21-22H,4,8,11-18H2,1-3H3,(H2,25,26,27);1H. The van der Waals surface area contributed by atoms with E-state index in [2.05, 4.69) is 69.6 Å². The molecule has 2 heterocycles. The maximum Gasteiger partial charge on any atom is 0.222 e. The van der Waals surface area contributed by atoms with Gasteiger partial charge >= 0.3 is 0 Å². The first-order chi connectivity index (χ1) is 14.6. The number of likely N-dealkylation sites (tertiary alicyclic amines) is 2. The lowest BCUT2D eigenvalue weighted by atomic mass is 9.97. The Morgan fingerprint density at radius 1 is 1.26 bits per heavy atom. The van der Waals surface area contributed by atoms with Crippen LogP contribution in [0.1, 0.15) is 57.9 Å². The molecule has 0 radical (unpaired) electrons. The molecule has 7 heteroatoms. The molecule has 0 aliphatic carbocycles. The van der Waals surface area contributed by atoms with Gasteiger partial charge in [-0.3, -0.25) is 14.7 Å². The second-order valence-electron chi connectivity index (χ2n) is 8.71. The highest BCUT2D eigenvalue weighted by atomic mass is 127. The number of carbonyl (C=O) groups excluding carboxylic acids is 1. The van der Waals surface area contributed by atoms with Crippen molar-refractivity contribution >= 4 is 35.8 Å². The minimum Gasteiger partial charge on any atom is -0.356 e. The largest absolute Gasteiger partial charge is 0.356 e. The van der Waals surface area contributed by atoms with Crippen LogP contribution in [0, 0.1) is 0 Å². The number of aliphatic imine (C=N–C) groups is 1. The molecule has 1 aromatic carbocycles. The Labute approximate surface area is 205 Å². The van der Waals surface area contributed by atoms with Crippen molar-refractivity contribution in [3.05, 3.63) is 35.9 Å². The number of carbonyl (C=O) groups is 1. The van der Waals surface area contributed by atoms with E-state index < -0.39 is 0 Å². The van der Waals surface area contributed by atoms with E-state index >= 15 is 0 Å². The molecule has 0 spiro atoms. The summed E-state index contributed by atoms with van der Waals surface area (Å²) in [4.78, 5) is 21.1. The summed E-state index contributed by atoms with van der Waals surface area (Å²) in [6.45, 7) is 8.38. The van der Waals surface area contributed by atoms with E-state index in [4.69, 9.17) is 0 Å². The topological polar surface area (TPSA) is 60.0 Å². The summed E-state index contributed by atoms with van der Waals surface area (Å²) in [7, 11) is 1.84. The monoisotopic (exact) mass is 541 g/mol. The molecule has 0 bridgehead atoms. The van der Waals surface area contributed by atoms with Gasteiger partial charge in [0.1, 0.15) is 0 Å². The Morgan fingerprint density at radius 2 is 2.03 bits per heavy atom. The average Bonchev–Trinajstić information content (AvgIpc) is 3.18. The van der Waals surface area contributed by atoms with Crippen LogP contribution in [0.15, 0.2) is 35.3 Å². The number of amides is 1. The minimum atomic E-state index is 0. The van der Waals surface area contributed by atoms with Gasteiger partial charge in [0.2, 0.25) is 5.91 Å². The summed E-state index contributed by atoms with van der Waals surface area (Å²) in [6.07, 6.45) is 5.94. The summed E-state index contributed by atoms with van der Waals surface area (Å²) in [5.41, 5.74) is 1.38. The highest BCUT2D eigenvalue weighted by Crippen LogP contribution is 2.20. The number of hydrogen-bond acceptors (Lipinski definition) is 3. The normalized spacial score (nSPS) is 23.4. The third-order valence-electron chi connectivity index (χ3n) is 6.60. The Bertz CT molecular complexity index is 698. The Balaban J connectivity index is 0.00000341. The second kappa shape index (κ2) is 13.3. The van der Waals surface area contributed by atoms with Crippen molar-refractivity contribution < 1.29 is 4.79 Å². The molecule has 3 atom stereocenters. The lowest BCUT2D eigenvalue weighted by molar-refractivity contribution is -0.129. The molecular formula is C24H40IN5O. The van der Waals surface area contributed by atoms with E-state index in [1.807, 2.05) is 7.05 Å². The predicted molar refractivity (Wildman–Crippen MR) is 139 cm³/mol. The zero-order chi connectivity index (χ0) is 21.3. The van der Waals surface area contributed by atoms with Gasteiger partial charge in [-0.25, -0.2) is 0 Å². The van der Waals surface area contributed by atoms with Crippen LogP contribution in [0.3, 0.4) is 0 Å². The number of hydrogen-bond donors (Lipinski definition) is 2. The number of halogens is 1. The van der Waals surface area contributed by atoms with Gasteiger partial charge in [0, 0.05) is 57.8 Å². The molecule has 2 aliphatic rings. The van der Waals surface area contributed by atoms with Crippen molar-refractivity contribution in [3.63, 3.8) is 0 Å². The predicted octanol–water partition coefficient (Wildman–Crippen LogP) is 3.61. The van der Waals surface area contributed by atoms with Crippen molar-refractivity contribution in [2.75, 3.05) is 26.7 Å². The smallest absolute Gasteiger partial charge is 0.222 e. The van der Waals surface area contributed by atoms with E-state index in [1.165, 1.54) is 5.56 Å². The van der Waals surface area contributed by atoms with E-state index in [0.29, 0.717) is 30.5 Å². The molecule has 2 saturated heterocycles. The van der Waals surface area contributed by atoms with Crippen molar-refractivity contribution in [2.24, 2.45) is 4.99 Å². The highest BCUT2D eigenvalue weighted by molar-refractivity contribution is 14.0. The summed E-state index contributed by atoms with van der Waals surface area (Å²) in [5.74, 6) is 1.20. The number of nitrogens with zero attached hydrogens (tertiary/aromatic N) is 3. The lowest BCUT2D eigenvalue weighted by Gasteiger charge is -2.38. The molecule has 2 fully saturated rings. The quantitative estimate of drug-likeness (QED) is 0.300. The first-order valence-corrected chi connectivity index (χ1v) is 11.6. The number of piperidine rings is 1. The van der Waals surface area contributed by atoms with E-state index in [1.54, 1.807) is 0 Å². The minimum absolute atomic E-state index is 0. The van der Waals surface area contributed by atoms with E-state index in [9.17, 15) is 4.79 Å². The summed E-state index contributed by atoms with van der Waals surface area (Å²) >= 11 is 0. The van der Waals surface area contributed by atoms with Crippen LogP contribution in [-0.4, -0.2) is 66.5 Å². The molecule has 3 unspecified atom stereocenters. The molecule has 0 saturated carbocycles. The Morgan fingerprint density at radius 3 is 2.65 bits per heavy atom. The molecular weight excluding hydrogens is 501 g/mol. The first kappa shape index (κ1) is 25.9. The number of nitrogens with one attached hydrogen (secondary N) is 2. The number of rotatable bonds is 8. The van der Waals surface area contributed by atoms with Gasteiger partial charge in [0.05, 0.1) is 0 Å². The molecule has 6 nitrogen and oxygen atoms in total. The van der Waals surface area contributed by atoms with Gasteiger partial charge in [0.25, 0.3) is 0 Å². The third kappa shape index (κ3) is 7.63. The van der Waals surface area contributed by atoms with Crippen LogP contribution in [0.5, 0.6) is 0 Å². The summed E-state index contributed by atoms with van der Waals surface area (Å²) in [6, 6.07) is 12.1. The molecule has 3 rings (SSSR count). The average molecular weight is 542 g/mol. The first-order valence-electron chi connectivity index (χ1n) is 11.6. The molecule has 174 valence electrons. The van der Waals surface area contributed by atoms with Crippen LogP contribution in [0.2, 0.25) is 0 Å². The van der Waals surface area contributed by atoms with Gasteiger partial charge in [0.15, 0.2) is 5.96 Å². The highest BCUT2D eigenvalue weighted by Gasteiger charge is 2.27. The van der Waals surface area contributed by atoms with Gasteiger partial charge in [-0.05, 0) is 44.6 Å². The Hall–Kier alpha value is -1.35. The summed E-state index contributed by atoms with van der Waals surface area (Å²) in [5, 5.41) is 7.10. The number of benzene rings is 1. The van der Waals surface area contributed by atoms with Crippen molar-refractivity contribution in [1.82, 2.24) is 20.4 Å². The van der Waals surface area contributed by atoms with E-state index in [0.717, 1.165) is 64.2 Å². The maximum absolute atomic E-state index is 12.0. The van der Waals surface area contributed by atoms with Crippen LogP contribution < -0.4 is 10.6 Å². The molecule has 1 aromatic rings. The molecule has 1 amide bonds. The van der Waals surface area contributed by atoms with Crippen LogP contribution in [0.25, 0.3) is 0 Å². The van der Waals surface area contributed by atoms with Crippen molar-refractivity contribution in [2.45, 2.75) is 77.0 Å². The Kier molecular flexibility index (Phi) is 11.1. The van der Waals surface area contributed by atoms with Crippen LogP contribution in [-0.2, 0) is 11.3 Å². The molecule has 2 aliphatic heterocycles. The van der Waals surface area contributed by atoms with Gasteiger partial charge < -0.3 is 15.5 Å². The molecule has 2 N–H and O–H groups in total. The van der Waals surface area contributed by atoms with Gasteiger partial charge in [-0.1, -0.05) is 37.3 Å². The lowest BCUT2D eigenvalue weighted by Crippen LogP contribution is -2.51. The van der Waals surface area contributed by atoms with E-state index in [-0.39, 0.29) is 24.0 Å². The van der Waals surface area contributed by atoms with Crippen LogP contribution in [0.4, 0.5) is 0 Å². The van der Waals surface area contributed by atoms with Crippen molar-refractivity contribution in [1.29, 1.82) is 0 Å². The van der Waals surface area contributed by atoms with Gasteiger partial charge in [-0.15, -0.1) is 24.0 Å². The third-order valence-corrected chi connectivity index (χ3v) is 6.60. The fourth-order valence-corrected chi connectivity index (χ4v) is 4.79. The summed E-state index contributed by atoms with van der Waals surface area (Å²) < 4.78 is 0. The van der Waals surface area contributed by atoms with Crippen LogP contribution >= 0.6 is 24.0 Å². The zero-order valence-electron chi connectivity index (χ0n) is 19.3. The fourth-order valence-electron chi connectivity index (χ4n) is 4.79. The SMILES string of the molecule is CCC(CCNC(=NC)NC1CCN(Cc2ccccc2)C(C)C1)N1CCCC1=O.I. The van der Waals surface area contributed by atoms with Crippen molar-refractivity contribution in [3.8, 4) is 0 Å². The fraction of sp³-hybridized carbons (Fsp3) is 0.667. The second-order valence-corrected chi connectivity index (χ2v) is 8.71. The number of guanidine groups is 1. The molecule has 0 aromatic heterocycles. The van der Waals surface area contributed by atoms with Gasteiger partial charge in [-0.2, -0.15) is 0 Å². The maximum atomic E-state index is 12.0.